The van der Waals surface area contributed by atoms with Crippen LogP contribution in [-0.4, -0.2) is 18.8 Å². The highest BCUT2D eigenvalue weighted by Gasteiger charge is 2.11. The van der Waals surface area contributed by atoms with E-state index in [2.05, 4.69) is 22.1 Å². The summed E-state index contributed by atoms with van der Waals surface area (Å²) in [6, 6.07) is 16.0. The smallest absolute Gasteiger partial charge is 0.166 e. The Labute approximate surface area is 138 Å². The zero-order valence-electron chi connectivity index (χ0n) is 12.3. The summed E-state index contributed by atoms with van der Waals surface area (Å²) in [7, 11) is 3.26. The monoisotopic (exact) mass is 329 g/mol. The molecule has 0 saturated carbocycles. The number of thiazole rings is 1. The molecule has 3 rings (SSSR count). The molecule has 0 aliphatic carbocycles. The molecule has 0 atom stereocenters. The fourth-order valence-electron chi connectivity index (χ4n) is 2.32. The normalized spacial score (nSPS) is 10.5. The van der Waals surface area contributed by atoms with Crippen LogP contribution in [0.25, 0.3) is 16.9 Å². The first-order chi connectivity index (χ1) is 10.7. The van der Waals surface area contributed by atoms with Gasteiger partial charge in [0.15, 0.2) is 15.5 Å². The van der Waals surface area contributed by atoms with E-state index in [-0.39, 0.29) is 0 Å². The summed E-state index contributed by atoms with van der Waals surface area (Å²) < 4.78 is 13.5. The first-order valence-corrected chi connectivity index (χ1v) is 8.01. The molecule has 0 amide bonds. The molecule has 0 aliphatic rings. The molecule has 0 fully saturated rings. The first kappa shape index (κ1) is 14.8. The van der Waals surface area contributed by atoms with Crippen molar-refractivity contribution >= 4 is 23.6 Å². The summed E-state index contributed by atoms with van der Waals surface area (Å²) in [5.74, 6) is 1.39. The fourth-order valence-corrected chi connectivity index (χ4v) is 3.44. The quantitative estimate of drug-likeness (QED) is 0.633. The van der Waals surface area contributed by atoms with Crippen molar-refractivity contribution in [3.8, 4) is 28.4 Å². The standard InChI is InChI=1S/C17H15NO2S2/c1-19-15-9-8-13(10-16(15)20-2)18-14(11-22-17(18)21)12-6-4-3-5-7-12/h3-11H,1-2H3. The van der Waals surface area contributed by atoms with Crippen LogP contribution < -0.4 is 9.47 Å². The van der Waals surface area contributed by atoms with Gasteiger partial charge in [0.05, 0.1) is 25.6 Å². The number of benzene rings is 2. The van der Waals surface area contributed by atoms with Crippen LogP contribution in [0.2, 0.25) is 0 Å². The Morgan fingerprint density at radius 2 is 1.68 bits per heavy atom. The van der Waals surface area contributed by atoms with Crippen molar-refractivity contribution in [2.45, 2.75) is 0 Å². The SMILES string of the molecule is COc1ccc(-n2c(-c3ccccc3)csc2=S)cc1OC. The first-order valence-electron chi connectivity index (χ1n) is 6.73. The molecule has 3 aromatic rings. The van der Waals surface area contributed by atoms with Crippen molar-refractivity contribution in [2.24, 2.45) is 0 Å². The van der Waals surface area contributed by atoms with Crippen molar-refractivity contribution in [3.05, 3.63) is 57.9 Å². The minimum absolute atomic E-state index is 0.687. The Morgan fingerprint density at radius 1 is 0.955 bits per heavy atom. The number of aromatic nitrogens is 1. The van der Waals surface area contributed by atoms with Crippen molar-refractivity contribution < 1.29 is 9.47 Å². The maximum atomic E-state index is 5.51. The molecule has 0 N–H and O–H groups in total. The van der Waals surface area contributed by atoms with E-state index in [0.29, 0.717) is 11.5 Å². The van der Waals surface area contributed by atoms with Crippen LogP contribution in [0.15, 0.2) is 53.9 Å². The molecule has 1 heterocycles. The molecule has 3 nitrogen and oxygen atoms in total. The molecule has 0 saturated heterocycles. The van der Waals surface area contributed by atoms with E-state index in [1.807, 2.05) is 36.4 Å². The maximum Gasteiger partial charge on any atom is 0.166 e. The van der Waals surface area contributed by atoms with Crippen molar-refractivity contribution in [3.63, 3.8) is 0 Å². The number of ether oxygens (including phenoxy) is 2. The Balaban J connectivity index is 2.17. The second-order valence-electron chi connectivity index (χ2n) is 4.63. The molecule has 1 aromatic heterocycles. The van der Waals surface area contributed by atoms with Gasteiger partial charge in [-0.05, 0) is 29.9 Å². The van der Waals surface area contributed by atoms with E-state index in [0.717, 1.165) is 20.9 Å². The number of rotatable bonds is 4. The van der Waals surface area contributed by atoms with Crippen molar-refractivity contribution in [1.29, 1.82) is 0 Å². The Kier molecular flexibility index (Phi) is 4.27. The lowest BCUT2D eigenvalue weighted by Gasteiger charge is -2.12. The molecule has 0 aliphatic heterocycles. The average molecular weight is 329 g/mol. The van der Waals surface area contributed by atoms with E-state index < -0.39 is 0 Å². The number of hydrogen-bond donors (Lipinski definition) is 0. The van der Waals surface area contributed by atoms with E-state index in [1.165, 1.54) is 0 Å². The summed E-state index contributed by atoms with van der Waals surface area (Å²) in [5, 5.41) is 2.08. The zero-order valence-corrected chi connectivity index (χ0v) is 13.9. The summed E-state index contributed by atoms with van der Waals surface area (Å²) in [6.07, 6.45) is 0. The molecule has 0 radical (unpaired) electrons. The van der Waals surface area contributed by atoms with E-state index >= 15 is 0 Å². The van der Waals surface area contributed by atoms with Crippen LogP contribution in [0.5, 0.6) is 11.5 Å². The Bertz CT molecular complexity index is 837. The molecule has 0 unspecified atom stereocenters. The second-order valence-corrected chi connectivity index (χ2v) is 6.13. The molecule has 5 heteroatoms. The van der Waals surface area contributed by atoms with E-state index in [1.54, 1.807) is 25.6 Å². The largest absolute Gasteiger partial charge is 0.493 e. The fraction of sp³-hybridized carbons (Fsp3) is 0.118. The number of nitrogens with zero attached hydrogens (tertiary/aromatic N) is 1. The van der Waals surface area contributed by atoms with Crippen LogP contribution in [0, 0.1) is 3.95 Å². The highest BCUT2D eigenvalue weighted by Crippen LogP contribution is 2.33. The highest BCUT2D eigenvalue weighted by molar-refractivity contribution is 7.73. The van der Waals surface area contributed by atoms with Gasteiger partial charge < -0.3 is 9.47 Å². The van der Waals surface area contributed by atoms with Gasteiger partial charge >= 0.3 is 0 Å². The molecule has 22 heavy (non-hydrogen) atoms. The number of hydrogen-bond acceptors (Lipinski definition) is 4. The Hall–Kier alpha value is -2.11. The topological polar surface area (TPSA) is 23.4 Å². The summed E-state index contributed by atoms with van der Waals surface area (Å²) in [6.45, 7) is 0. The van der Waals surface area contributed by atoms with Gasteiger partial charge in [-0.1, -0.05) is 30.3 Å². The lowest BCUT2D eigenvalue weighted by Crippen LogP contribution is -1.98. The summed E-state index contributed by atoms with van der Waals surface area (Å²) >= 11 is 7.05. The Morgan fingerprint density at radius 3 is 2.36 bits per heavy atom. The predicted molar refractivity (Wildman–Crippen MR) is 93.0 cm³/mol. The van der Waals surface area contributed by atoms with Gasteiger partial charge in [0, 0.05) is 11.4 Å². The van der Waals surface area contributed by atoms with Gasteiger partial charge in [-0.25, -0.2) is 0 Å². The predicted octanol–water partition coefficient (Wildman–Crippen LogP) is 4.95. The molecular formula is C17H15NO2S2. The summed E-state index contributed by atoms with van der Waals surface area (Å²) in [4.78, 5) is 0. The molecule has 0 spiro atoms. The zero-order chi connectivity index (χ0) is 15.5. The van der Waals surface area contributed by atoms with Gasteiger partial charge in [0.2, 0.25) is 0 Å². The second kappa shape index (κ2) is 6.34. The highest BCUT2D eigenvalue weighted by atomic mass is 32.1. The third kappa shape index (κ3) is 2.65. The summed E-state index contributed by atoms with van der Waals surface area (Å²) in [5.41, 5.74) is 3.16. The van der Waals surface area contributed by atoms with Crippen molar-refractivity contribution in [1.82, 2.24) is 4.57 Å². The van der Waals surface area contributed by atoms with Gasteiger partial charge in [0.1, 0.15) is 0 Å². The average Bonchev–Trinajstić information content (AvgIpc) is 2.96. The molecule has 2 aromatic carbocycles. The third-order valence-electron chi connectivity index (χ3n) is 3.39. The van der Waals surface area contributed by atoms with Gasteiger partial charge in [-0.15, -0.1) is 11.3 Å². The lowest BCUT2D eigenvalue weighted by atomic mass is 10.1. The molecule has 112 valence electrons. The van der Waals surface area contributed by atoms with E-state index in [4.69, 9.17) is 21.7 Å². The number of methoxy groups -OCH3 is 2. The third-order valence-corrected chi connectivity index (χ3v) is 4.59. The van der Waals surface area contributed by atoms with E-state index in [9.17, 15) is 0 Å². The minimum Gasteiger partial charge on any atom is -0.493 e. The lowest BCUT2D eigenvalue weighted by molar-refractivity contribution is 0.355. The van der Waals surface area contributed by atoms with Crippen LogP contribution >= 0.6 is 23.6 Å². The van der Waals surface area contributed by atoms with Gasteiger partial charge in [-0.2, -0.15) is 0 Å². The van der Waals surface area contributed by atoms with Crippen molar-refractivity contribution in [2.75, 3.05) is 14.2 Å². The molecular weight excluding hydrogens is 314 g/mol. The maximum absolute atomic E-state index is 5.51. The van der Waals surface area contributed by atoms with Crippen LogP contribution in [0.4, 0.5) is 0 Å². The van der Waals surface area contributed by atoms with Gasteiger partial charge in [0.25, 0.3) is 0 Å². The van der Waals surface area contributed by atoms with Gasteiger partial charge in [-0.3, -0.25) is 4.57 Å². The van der Waals surface area contributed by atoms with Crippen LogP contribution in [-0.2, 0) is 0 Å². The minimum atomic E-state index is 0.687. The molecule has 0 bridgehead atoms. The van der Waals surface area contributed by atoms with Crippen LogP contribution in [0.3, 0.4) is 0 Å². The van der Waals surface area contributed by atoms with Crippen LogP contribution in [0.1, 0.15) is 0 Å².